The summed E-state index contributed by atoms with van der Waals surface area (Å²) < 4.78 is 0. The van der Waals surface area contributed by atoms with Gasteiger partial charge in [-0.25, -0.2) is 4.79 Å². The van der Waals surface area contributed by atoms with E-state index in [0.29, 0.717) is 13.0 Å². The van der Waals surface area contributed by atoms with Crippen LogP contribution in [0.4, 0.5) is 0 Å². The summed E-state index contributed by atoms with van der Waals surface area (Å²) in [4.78, 5) is 21.3. The first kappa shape index (κ1) is 10.7. The van der Waals surface area contributed by atoms with Crippen LogP contribution in [-0.4, -0.2) is 29.6 Å². The standard InChI is InChI=1S/C9H14N2O3/c10-7(1-2-8(12)13)5-6-3-4-11-9(6)14/h1-2,6-7H,3-5,10H2,(H,11,14)(H,12,13)/t6-,7?/m0/s1. The first-order valence-corrected chi connectivity index (χ1v) is 4.54. The predicted molar refractivity (Wildman–Crippen MR) is 50.5 cm³/mol. The molecule has 5 nitrogen and oxygen atoms in total. The van der Waals surface area contributed by atoms with Crippen LogP contribution in [0.2, 0.25) is 0 Å². The molecule has 0 bridgehead atoms. The van der Waals surface area contributed by atoms with Crippen LogP contribution in [0.3, 0.4) is 0 Å². The SMILES string of the molecule is NC(C=CC(=O)O)C[C@@H]1CCNC1=O. The van der Waals surface area contributed by atoms with Gasteiger partial charge in [-0.1, -0.05) is 6.08 Å². The predicted octanol–water partition coefficient (Wildman–Crippen LogP) is -0.519. The second-order valence-corrected chi connectivity index (χ2v) is 3.37. The van der Waals surface area contributed by atoms with Crippen LogP contribution in [0.25, 0.3) is 0 Å². The number of hydrogen-bond donors (Lipinski definition) is 3. The number of nitrogens with one attached hydrogen (secondary N) is 1. The van der Waals surface area contributed by atoms with Crippen molar-refractivity contribution < 1.29 is 14.7 Å². The van der Waals surface area contributed by atoms with Gasteiger partial charge in [-0.2, -0.15) is 0 Å². The zero-order valence-electron chi connectivity index (χ0n) is 7.77. The third kappa shape index (κ3) is 3.18. The highest BCUT2D eigenvalue weighted by Crippen LogP contribution is 2.15. The van der Waals surface area contributed by atoms with Crippen molar-refractivity contribution in [1.82, 2.24) is 5.32 Å². The molecule has 4 N–H and O–H groups in total. The van der Waals surface area contributed by atoms with Gasteiger partial charge in [0.2, 0.25) is 5.91 Å². The van der Waals surface area contributed by atoms with Crippen LogP contribution in [0.5, 0.6) is 0 Å². The molecule has 1 heterocycles. The molecule has 0 saturated carbocycles. The molecule has 78 valence electrons. The summed E-state index contributed by atoms with van der Waals surface area (Å²) in [5.41, 5.74) is 5.63. The lowest BCUT2D eigenvalue weighted by atomic mass is 9.99. The summed E-state index contributed by atoms with van der Waals surface area (Å²) in [6, 6.07) is -0.361. The molecule has 0 radical (unpaired) electrons. The molecule has 1 aliphatic rings. The first-order chi connectivity index (χ1) is 6.59. The number of carbonyl (C=O) groups is 2. The van der Waals surface area contributed by atoms with Crippen molar-refractivity contribution in [3.05, 3.63) is 12.2 Å². The summed E-state index contributed by atoms with van der Waals surface area (Å²) in [7, 11) is 0. The van der Waals surface area contributed by atoms with E-state index in [1.54, 1.807) is 0 Å². The van der Waals surface area contributed by atoms with E-state index in [2.05, 4.69) is 5.32 Å². The molecule has 1 rings (SSSR count). The van der Waals surface area contributed by atoms with Crippen molar-refractivity contribution in [3.8, 4) is 0 Å². The minimum atomic E-state index is -1.02. The summed E-state index contributed by atoms with van der Waals surface area (Å²) in [5, 5.41) is 11.1. The van der Waals surface area contributed by atoms with Crippen LogP contribution in [0.15, 0.2) is 12.2 Å². The third-order valence-corrected chi connectivity index (χ3v) is 2.21. The Morgan fingerprint density at radius 2 is 2.50 bits per heavy atom. The molecule has 0 spiro atoms. The number of rotatable bonds is 4. The van der Waals surface area contributed by atoms with Crippen molar-refractivity contribution >= 4 is 11.9 Å². The van der Waals surface area contributed by atoms with E-state index in [9.17, 15) is 9.59 Å². The van der Waals surface area contributed by atoms with Crippen molar-refractivity contribution in [2.24, 2.45) is 11.7 Å². The number of carboxylic acids is 1. The van der Waals surface area contributed by atoms with Crippen molar-refractivity contribution in [1.29, 1.82) is 0 Å². The molecule has 1 aliphatic heterocycles. The maximum absolute atomic E-state index is 11.1. The van der Waals surface area contributed by atoms with Crippen LogP contribution < -0.4 is 11.1 Å². The van der Waals surface area contributed by atoms with Crippen LogP contribution in [0, 0.1) is 5.92 Å². The molecule has 1 amide bonds. The van der Waals surface area contributed by atoms with Crippen LogP contribution >= 0.6 is 0 Å². The molecule has 1 saturated heterocycles. The second kappa shape index (κ2) is 4.76. The lowest BCUT2D eigenvalue weighted by Gasteiger charge is -2.09. The lowest BCUT2D eigenvalue weighted by Crippen LogP contribution is -2.26. The quantitative estimate of drug-likeness (QED) is 0.530. The zero-order chi connectivity index (χ0) is 10.6. The molecule has 5 heteroatoms. The van der Waals surface area contributed by atoms with Gasteiger partial charge >= 0.3 is 5.97 Å². The summed E-state index contributed by atoms with van der Waals surface area (Å²) in [6.07, 6.45) is 3.72. The van der Waals surface area contributed by atoms with Gasteiger partial charge < -0.3 is 16.2 Å². The minimum absolute atomic E-state index is 0.0178. The molecule has 14 heavy (non-hydrogen) atoms. The number of carboxylic acid groups (broad SMARTS) is 1. The average molecular weight is 198 g/mol. The molecule has 1 unspecified atom stereocenters. The first-order valence-electron chi connectivity index (χ1n) is 4.54. The topological polar surface area (TPSA) is 92.4 Å². The fourth-order valence-electron chi connectivity index (χ4n) is 1.48. The Bertz CT molecular complexity index is 263. The van der Waals surface area contributed by atoms with E-state index >= 15 is 0 Å². The van der Waals surface area contributed by atoms with Crippen molar-refractivity contribution in [2.75, 3.05) is 6.54 Å². The van der Waals surface area contributed by atoms with Gasteiger partial charge in [0.25, 0.3) is 0 Å². The largest absolute Gasteiger partial charge is 0.478 e. The smallest absolute Gasteiger partial charge is 0.328 e. The fourth-order valence-corrected chi connectivity index (χ4v) is 1.48. The maximum Gasteiger partial charge on any atom is 0.328 e. The normalized spacial score (nSPS) is 23.8. The zero-order valence-corrected chi connectivity index (χ0v) is 7.77. The second-order valence-electron chi connectivity index (χ2n) is 3.37. The van der Waals surface area contributed by atoms with Gasteiger partial charge in [0.15, 0.2) is 0 Å². The van der Waals surface area contributed by atoms with E-state index in [-0.39, 0.29) is 17.9 Å². The molecule has 0 aliphatic carbocycles. The Balaban J connectivity index is 2.36. The molecule has 2 atom stereocenters. The Morgan fingerprint density at radius 3 is 3.00 bits per heavy atom. The number of aliphatic carboxylic acids is 1. The van der Waals surface area contributed by atoms with Gasteiger partial charge in [0, 0.05) is 24.6 Å². The van der Waals surface area contributed by atoms with Gasteiger partial charge in [-0.15, -0.1) is 0 Å². The van der Waals surface area contributed by atoms with Gasteiger partial charge in [0.05, 0.1) is 0 Å². The number of nitrogens with two attached hydrogens (primary N) is 1. The Labute approximate surface area is 82.0 Å². The van der Waals surface area contributed by atoms with Gasteiger partial charge in [-0.05, 0) is 12.8 Å². The van der Waals surface area contributed by atoms with E-state index in [1.807, 2.05) is 0 Å². The minimum Gasteiger partial charge on any atom is -0.478 e. The average Bonchev–Trinajstić information content (AvgIpc) is 2.49. The molecule has 1 fully saturated rings. The Hall–Kier alpha value is -1.36. The summed E-state index contributed by atoms with van der Waals surface area (Å²) in [5.74, 6) is -1.07. The highest BCUT2D eigenvalue weighted by molar-refractivity contribution is 5.81. The Kier molecular flexibility index (Phi) is 3.64. The van der Waals surface area contributed by atoms with Gasteiger partial charge in [0.1, 0.15) is 0 Å². The number of hydrogen-bond acceptors (Lipinski definition) is 3. The van der Waals surface area contributed by atoms with Crippen molar-refractivity contribution in [2.45, 2.75) is 18.9 Å². The lowest BCUT2D eigenvalue weighted by molar-refractivity contribution is -0.131. The molecular formula is C9H14N2O3. The van der Waals surface area contributed by atoms with Crippen LogP contribution in [-0.2, 0) is 9.59 Å². The third-order valence-electron chi connectivity index (χ3n) is 2.21. The van der Waals surface area contributed by atoms with E-state index < -0.39 is 5.97 Å². The summed E-state index contributed by atoms with van der Waals surface area (Å²) >= 11 is 0. The molecule has 0 aromatic rings. The highest BCUT2D eigenvalue weighted by Gasteiger charge is 2.25. The molecular weight excluding hydrogens is 184 g/mol. The van der Waals surface area contributed by atoms with Crippen LogP contribution in [0.1, 0.15) is 12.8 Å². The molecule has 0 aromatic heterocycles. The highest BCUT2D eigenvalue weighted by atomic mass is 16.4. The maximum atomic E-state index is 11.1. The fraction of sp³-hybridized carbons (Fsp3) is 0.556. The van der Waals surface area contributed by atoms with E-state index in [4.69, 9.17) is 10.8 Å². The Morgan fingerprint density at radius 1 is 1.79 bits per heavy atom. The van der Waals surface area contributed by atoms with E-state index in [0.717, 1.165) is 12.5 Å². The summed E-state index contributed by atoms with van der Waals surface area (Å²) in [6.45, 7) is 0.693. The van der Waals surface area contributed by atoms with Gasteiger partial charge in [-0.3, -0.25) is 4.79 Å². The number of carbonyl (C=O) groups excluding carboxylic acids is 1. The van der Waals surface area contributed by atoms with E-state index in [1.165, 1.54) is 6.08 Å². The monoisotopic (exact) mass is 198 g/mol. The number of amides is 1. The molecule has 0 aromatic carbocycles. The van der Waals surface area contributed by atoms with Crippen molar-refractivity contribution in [3.63, 3.8) is 0 Å².